The van der Waals surface area contributed by atoms with E-state index < -0.39 is 10.3 Å². The van der Waals surface area contributed by atoms with Gasteiger partial charge in [-0.3, -0.25) is 0 Å². The summed E-state index contributed by atoms with van der Waals surface area (Å²) < 4.78 is 40.9. The minimum Gasteiger partial charge on any atom is -0.734 e. The molecule has 0 fully saturated rings. The Hall–Kier alpha value is -0.510. The van der Waals surface area contributed by atoms with Crippen molar-refractivity contribution < 1.29 is 52.0 Å². The predicted molar refractivity (Wildman–Crippen MR) is 56.0 cm³/mol. The van der Waals surface area contributed by atoms with Crippen LogP contribution in [-0.4, -0.2) is 27.2 Å². The zero-order valence-electron chi connectivity index (χ0n) is 9.68. The summed E-state index contributed by atoms with van der Waals surface area (Å²) in [5.74, 6) is 0.913. The third-order valence-electron chi connectivity index (χ3n) is 1.70. The number of anilines is 1. The summed E-state index contributed by atoms with van der Waals surface area (Å²) in [4.78, 5) is 1.60. The van der Waals surface area contributed by atoms with E-state index in [1.165, 1.54) is 26.4 Å². The molecule has 0 unspecified atom stereocenters. The van der Waals surface area contributed by atoms with Crippen LogP contribution in [0.25, 0.3) is 0 Å². The second kappa shape index (κ2) is 7.04. The Bertz CT molecular complexity index is 465. The van der Waals surface area contributed by atoms with Crippen molar-refractivity contribution in [3.8, 4) is 11.5 Å². The number of ether oxygens (including phenoxy) is 2. The van der Waals surface area contributed by atoms with Crippen LogP contribution in [0.1, 0.15) is 0 Å². The summed E-state index contributed by atoms with van der Waals surface area (Å²) in [6, 6.07) is 4.58. The molecule has 0 spiro atoms. The topological polar surface area (TPSA) is 99.7 Å². The molecule has 0 aliphatic carbocycles. The number of methoxy groups -OCH3 is 2. The Morgan fingerprint density at radius 1 is 1.18 bits per heavy atom. The van der Waals surface area contributed by atoms with Gasteiger partial charge in [0.2, 0.25) is 0 Å². The van der Waals surface area contributed by atoms with Crippen molar-refractivity contribution in [2.75, 3.05) is 19.6 Å². The Morgan fingerprint density at radius 3 is 2.24 bits per heavy atom. The van der Waals surface area contributed by atoms with Gasteiger partial charge >= 0.3 is 29.6 Å². The van der Waals surface area contributed by atoms with Gasteiger partial charge in [0.15, 0.2) is 21.8 Å². The number of nitrogens with one attached hydrogen (secondary N) is 2. The number of hydrazine groups is 1. The molecule has 17 heavy (non-hydrogen) atoms. The van der Waals surface area contributed by atoms with E-state index in [4.69, 9.17) is 9.47 Å². The van der Waals surface area contributed by atoms with Crippen LogP contribution in [0.4, 0.5) is 5.69 Å². The minimum atomic E-state index is -4.54. The summed E-state index contributed by atoms with van der Waals surface area (Å²) in [6.45, 7) is 0. The second-order valence-electron chi connectivity index (χ2n) is 2.75. The molecule has 0 bridgehead atoms. The quantitative estimate of drug-likeness (QED) is 0.338. The fraction of sp³-hybridized carbons (Fsp3) is 0.250. The number of hydrogen-bond acceptors (Lipinski definition) is 6. The summed E-state index contributed by atoms with van der Waals surface area (Å²) in [7, 11) is -1.62. The maximum Gasteiger partial charge on any atom is 1.00 e. The predicted octanol–water partition coefficient (Wildman–Crippen LogP) is -2.92. The summed E-state index contributed by atoms with van der Waals surface area (Å²) >= 11 is 0. The van der Waals surface area contributed by atoms with Gasteiger partial charge in [0, 0.05) is 6.07 Å². The molecular formula is C8H11N2NaO5S. The van der Waals surface area contributed by atoms with Gasteiger partial charge in [-0.25, -0.2) is 8.42 Å². The molecule has 0 aromatic heterocycles. The minimum absolute atomic E-state index is 0. The van der Waals surface area contributed by atoms with Crippen molar-refractivity contribution in [2.45, 2.75) is 0 Å². The van der Waals surface area contributed by atoms with E-state index in [0.29, 0.717) is 17.2 Å². The maximum absolute atomic E-state index is 10.3. The zero-order valence-corrected chi connectivity index (χ0v) is 12.5. The maximum atomic E-state index is 10.3. The van der Waals surface area contributed by atoms with E-state index >= 15 is 0 Å². The molecule has 7 nitrogen and oxygen atoms in total. The first kappa shape index (κ1) is 16.5. The monoisotopic (exact) mass is 270 g/mol. The van der Waals surface area contributed by atoms with Crippen LogP contribution in [0.15, 0.2) is 18.2 Å². The first-order chi connectivity index (χ1) is 7.46. The number of benzene rings is 1. The molecule has 0 heterocycles. The van der Waals surface area contributed by atoms with Gasteiger partial charge < -0.3 is 19.5 Å². The molecule has 1 aromatic carbocycles. The van der Waals surface area contributed by atoms with E-state index in [1.54, 1.807) is 10.9 Å². The Labute approximate surface area is 122 Å². The van der Waals surface area contributed by atoms with Crippen molar-refractivity contribution in [3.05, 3.63) is 18.2 Å². The molecule has 0 aliphatic heterocycles. The molecule has 9 heteroatoms. The first-order valence-electron chi connectivity index (χ1n) is 4.17. The average Bonchev–Trinajstić information content (AvgIpc) is 2.25. The van der Waals surface area contributed by atoms with Crippen LogP contribution in [0.2, 0.25) is 0 Å². The summed E-state index contributed by atoms with van der Waals surface area (Å²) in [6.07, 6.45) is 0. The molecule has 0 amide bonds. The van der Waals surface area contributed by atoms with Crippen molar-refractivity contribution in [2.24, 2.45) is 0 Å². The molecule has 0 saturated carbocycles. The van der Waals surface area contributed by atoms with Crippen LogP contribution in [0.3, 0.4) is 0 Å². The smallest absolute Gasteiger partial charge is 0.734 e. The second-order valence-corrected chi connectivity index (χ2v) is 3.86. The Balaban J connectivity index is 0.00000256. The molecule has 0 radical (unpaired) electrons. The van der Waals surface area contributed by atoms with Crippen LogP contribution in [0.5, 0.6) is 11.5 Å². The fourth-order valence-corrected chi connectivity index (χ4v) is 1.28. The van der Waals surface area contributed by atoms with Crippen molar-refractivity contribution in [1.82, 2.24) is 4.83 Å². The fourth-order valence-electron chi connectivity index (χ4n) is 1.04. The van der Waals surface area contributed by atoms with Gasteiger partial charge in [0.25, 0.3) is 0 Å². The average molecular weight is 270 g/mol. The first-order valence-corrected chi connectivity index (χ1v) is 5.58. The summed E-state index contributed by atoms with van der Waals surface area (Å²) in [5, 5.41) is 0. The van der Waals surface area contributed by atoms with Crippen LogP contribution in [0, 0.1) is 0 Å². The van der Waals surface area contributed by atoms with E-state index in [2.05, 4.69) is 5.43 Å². The molecular weight excluding hydrogens is 259 g/mol. The van der Waals surface area contributed by atoms with Crippen LogP contribution < -0.4 is 49.3 Å². The van der Waals surface area contributed by atoms with E-state index in [9.17, 15) is 13.0 Å². The van der Waals surface area contributed by atoms with E-state index in [0.717, 1.165) is 0 Å². The number of rotatable bonds is 5. The van der Waals surface area contributed by atoms with Crippen molar-refractivity contribution in [1.29, 1.82) is 0 Å². The molecule has 90 valence electrons. The van der Waals surface area contributed by atoms with E-state index in [1.807, 2.05) is 0 Å². The molecule has 1 aromatic rings. The summed E-state index contributed by atoms with van der Waals surface area (Å²) in [5.41, 5.74) is 2.58. The zero-order chi connectivity index (χ0) is 12.2. The number of hydrogen-bond donors (Lipinski definition) is 2. The third kappa shape index (κ3) is 5.57. The molecule has 0 atom stereocenters. The molecule has 1 rings (SSSR count). The van der Waals surface area contributed by atoms with Crippen molar-refractivity contribution >= 4 is 16.0 Å². The normalized spacial score (nSPS) is 10.3. The van der Waals surface area contributed by atoms with Gasteiger partial charge in [-0.15, -0.1) is 4.83 Å². The molecule has 0 saturated heterocycles. The van der Waals surface area contributed by atoms with Crippen molar-refractivity contribution in [3.63, 3.8) is 0 Å². The van der Waals surface area contributed by atoms with Gasteiger partial charge in [-0.2, -0.15) is 0 Å². The van der Waals surface area contributed by atoms with Gasteiger partial charge in [-0.05, 0) is 12.1 Å². The molecule has 0 aliphatic rings. The SMILES string of the molecule is COc1ccc(NNS(=O)(=O)[O-])cc1OC.[Na+]. The standard InChI is InChI=1S/C8H12N2O5S.Na/c1-14-7-4-3-6(5-8(7)15-2)9-10-16(11,12)13;/h3-5,9-10H,1-2H3,(H,11,12,13);/q;+1/p-1. The molecule has 2 N–H and O–H groups in total. The van der Waals surface area contributed by atoms with Gasteiger partial charge in [0.05, 0.1) is 19.9 Å². The van der Waals surface area contributed by atoms with E-state index in [-0.39, 0.29) is 29.6 Å². The van der Waals surface area contributed by atoms with Gasteiger partial charge in [-0.1, -0.05) is 0 Å². The van der Waals surface area contributed by atoms with Gasteiger partial charge in [0.1, 0.15) is 0 Å². The Kier molecular flexibility index (Phi) is 6.83. The van der Waals surface area contributed by atoms with Crippen LogP contribution in [-0.2, 0) is 10.3 Å². The largest absolute Gasteiger partial charge is 1.00 e. The Morgan fingerprint density at radius 2 is 1.76 bits per heavy atom. The van der Waals surface area contributed by atoms with Crippen LogP contribution >= 0.6 is 0 Å². The third-order valence-corrected chi connectivity index (χ3v) is 2.06.